The number of hydrogen-bond acceptors (Lipinski definition) is 0. The minimum atomic E-state index is 0. The van der Waals surface area contributed by atoms with Crippen molar-refractivity contribution in [1.29, 1.82) is 0 Å². The van der Waals surface area contributed by atoms with Crippen LogP contribution in [-0.4, -0.2) is 42.8 Å². The molecular formula is C3H11GaMg. The third-order valence-electron chi connectivity index (χ3n) is 0. The minimum absolute atomic E-state index is 0. The Labute approximate surface area is 65.2 Å². The minimum Gasteiger partial charge on any atom is -1.00 e. The van der Waals surface area contributed by atoms with E-state index < -0.39 is 0 Å². The molecule has 0 heterocycles. The van der Waals surface area contributed by atoms with Gasteiger partial charge in [-0.05, 0) is 6.92 Å². The predicted octanol–water partition coefficient (Wildman–Crippen LogP) is -0.147. The molecule has 0 aromatic rings. The zero-order chi connectivity index (χ0) is 2.71. The number of hydrogen-bond donors (Lipinski definition) is 0. The molecule has 0 aliphatic heterocycles. The van der Waals surface area contributed by atoms with E-state index in [1.54, 1.807) is 6.08 Å². The molecule has 2 heteroatoms. The summed E-state index contributed by atoms with van der Waals surface area (Å²) in [4.78, 5) is 0. The Bertz CT molecular complexity index is 20.4. The standard InChI is InChI=1S/C3H6.Ga.Mg.5H/c1-3-2;;;;;;;/h3H,1H2,2H3;;;;;;;/q;;+2;;;;2*-1. The number of allylic oxidation sites excluding steroid dienone is 1. The Hall–Kier alpha value is 1.14. The normalized spacial score (nSPS) is 2.60. The fourth-order valence-electron chi connectivity index (χ4n) is 0. The van der Waals surface area contributed by atoms with Crippen LogP contribution in [-0.2, 0) is 0 Å². The summed E-state index contributed by atoms with van der Waals surface area (Å²) in [6, 6.07) is 0. The first-order valence-electron chi connectivity index (χ1n) is 0.986. The summed E-state index contributed by atoms with van der Waals surface area (Å²) in [5.74, 6) is 0. The summed E-state index contributed by atoms with van der Waals surface area (Å²) >= 11 is 0. The van der Waals surface area contributed by atoms with Gasteiger partial charge >= 0.3 is 42.8 Å². The Morgan fingerprint density at radius 3 is 1.80 bits per heavy atom. The Balaban J connectivity index is -0.00000000333. The predicted molar refractivity (Wildman–Crippen MR) is 33.8 cm³/mol. The van der Waals surface area contributed by atoms with Crippen molar-refractivity contribution in [2.24, 2.45) is 0 Å². The molecule has 0 bridgehead atoms. The van der Waals surface area contributed by atoms with Crippen molar-refractivity contribution in [3.05, 3.63) is 12.7 Å². The van der Waals surface area contributed by atoms with Crippen LogP contribution < -0.4 is 0 Å². The van der Waals surface area contributed by atoms with Gasteiger partial charge in [-0.15, -0.1) is 6.58 Å². The van der Waals surface area contributed by atoms with Crippen LogP contribution in [0.1, 0.15) is 9.78 Å². The number of rotatable bonds is 0. The van der Waals surface area contributed by atoms with E-state index in [0.29, 0.717) is 0 Å². The van der Waals surface area contributed by atoms with Gasteiger partial charge in [0.15, 0.2) is 0 Å². The van der Waals surface area contributed by atoms with E-state index in [4.69, 9.17) is 0 Å². The van der Waals surface area contributed by atoms with Gasteiger partial charge in [0.25, 0.3) is 0 Å². The van der Waals surface area contributed by atoms with E-state index in [-0.39, 0.29) is 45.7 Å². The molecule has 0 aliphatic carbocycles. The summed E-state index contributed by atoms with van der Waals surface area (Å²) in [7, 11) is 0. The van der Waals surface area contributed by atoms with E-state index in [0.717, 1.165) is 0 Å². The third kappa shape index (κ3) is 38.9. The van der Waals surface area contributed by atoms with Gasteiger partial charge in [-0.25, -0.2) is 0 Å². The van der Waals surface area contributed by atoms with Crippen LogP contribution in [0.5, 0.6) is 0 Å². The average molecular weight is 141 g/mol. The van der Waals surface area contributed by atoms with Crippen LogP contribution in [0.3, 0.4) is 0 Å². The van der Waals surface area contributed by atoms with E-state index in [9.17, 15) is 0 Å². The summed E-state index contributed by atoms with van der Waals surface area (Å²) in [6.07, 6.45) is 1.75. The Morgan fingerprint density at radius 1 is 1.80 bits per heavy atom. The van der Waals surface area contributed by atoms with Gasteiger partial charge in [-0.3, -0.25) is 0 Å². The largest absolute Gasteiger partial charge is 2.00 e. The second-order valence-corrected chi connectivity index (χ2v) is 0.408. The maximum atomic E-state index is 3.36. The van der Waals surface area contributed by atoms with Crippen molar-refractivity contribution in [1.82, 2.24) is 0 Å². The zero-order valence-corrected chi connectivity index (χ0v) is 4.41. The molecule has 5 heavy (non-hydrogen) atoms. The molecule has 0 N–H and O–H groups in total. The SMILES string of the molecule is C=CC.[GaH3].[H-].[H-].[Mg+2]. The van der Waals surface area contributed by atoms with Gasteiger partial charge in [0.1, 0.15) is 0 Å². The van der Waals surface area contributed by atoms with Crippen molar-refractivity contribution < 1.29 is 2.85 Å². The van der Waals surface area contributed by atoms with Gasteiger partial charge < -0.3 is 2.85 Å². The molecule has 0 radical (unpaired) electrons. The summed E-state index contributed by atoms with van der Waals surface area (Å²) in [5, 5.41) is 0. The molecule has 0 aromatic carbocycles. The van der Waals surface area contributed by atoms with Gasteiger partial charge in [0.2, 0.25) is 0 Å². The van der Waals surface area contributed by atoms with Crippen LogP contribution in [0.2, 0.25) is 0 Å². The van der Waals surface area contributed by atoms with Crippen molar-refractivity contribution >= 4 is 42.8 Å². The monoisotopic (exact) mass is 140 g/mol. The summed E-state index contributed by atoms with van der Waals surface area (Å²) < 4.78 is 0. The van der Waals surface area contributed by atoms with E-state index in [1.165, 1.54) is 0 Å². The second-order valence-electron chi connectivity index (χ2n) is 0.408. The Kier molecular flexibility index (Phi) is 63.2. The molecule has 0 aromatic heterocycles. The third-order valence-corrected chi connectivity index (χ3v) is 0. The van der Waals surface area contributed by atoms with E-state index in [1.807, 2.05) is 6.92 Å². The van der Waals surface area contributed by atoms with Gasteiger partial charge in [-0.1, -0.05) is 6.08 Å². The summed E-state index contributed by atoms with van der Waals surface area (Å²) in [5.41, 5.74) is 0. The van der Waals surface area contributed by atoms with Crippen molar-refractivity contribution in [2.45, 2.75) is 6.92 Å². The van der Waals surface area contributed by atoms with Crippen LogP contribution in [0.4, 0.5) is 0 Å². The topological polar surface area (TPSA) is 0 Å². The van der Waals surface area contributed by atoms with Crippen LogP contribution >= 0.6 is 0 Å². The molecule has 0 unspecified atom stereocenters. The Morgan fingerprint density at radius 2 is 1.80 bits per heavy atom. The van der Waals surface area contributed by atoms with Crippen molar-refractivity contribution in [2.75, 3.05) is 0 Å². The molecule has 0 amide bonds. The van der Waals surface area contributed by atoms with Gasteiger partial charge in [-0.2, -0.15) is 0 Å². The fourth-order valence-corrected chi connectivity index (χ4v) is 0. The molecule has 0 nitrogen and oxygen atoms in total. The quantitative estimate of drug-likeness (QED) is 0.325. The first kappa shape index (κ1) is 16.4. The smallest absolute Gasteiger partial charge is 1.00 e. The average Bonchev–Trinajstić information content (AvgIpc) is 0.918. The van der Waals surface area contributed by atoms with Crippen LogP contribution in [0.15, 0.2) is 12.7 Å². The maximum Gasteiger partial charge on any atom is 2.00 e. The molecule has 0 saturated heterocycles. The van der Waals surface area contributed by atoms with Crippen molar-refractivity contribution in [3.63, 3.8) is 0 Å². The van der Waals surface area contributed by atoms with Crippen LogP contribution in [0.25, 0.3) is 0 Å². The van der Waals surface area contributed by atoms with E-state index in [2.05, 4.69) is 6.58 Å². The molecule has 0 spiro atoms. The molecule has 28 valence electrons. The molecule has 0 rings (SSSR count). The first-order chi connectivity index (χ1) is 1.41. The maximum absolute atomic E-state index is 3.36. The molecule has 0 aliphatic rings. The van der Waals surface area contributed by atoms with Gasteiger partial charge in [0.05, 0.1) is 0 Å². The molecule has 0 saturated carbocycles. The first-order valence-corrected chi connectivity index (χ1v) is 0.986. The molecule has 0 atom stereocenters. The molecular weight excluding hydrogens is 130 g/mol. The zero-order valence-electron chi connectivity index (χ0n) is 4.99. The summed E-state index contributed by atoms with van der Waals surface area (Å²) in [6.45, 7) is 5.25. The van der Waals surface area contributed by atoms with Gasteiger partial charge in [0, 0.05) is 0 Å². The van der Waals surface area contributed by atoms with Crippen LogP contribution in [0, 0.1) is 0 Å². The van der Waals surface area contributed by atoms with E-state index >= 15 is 0 Å². The molecule has 0 fully saturated rings. The second kappa shape index (κ2) is 19.2. The van der Waals surface area contributed by atoms with Crippen molar-refractivity contribution in [3.8, 4) is 0 Å². The fraction of sp³-hybridized carbons (Fsp3) is 0.333.